The zero-order chi connectivity index (χ0) is 13.5. The van der Waals surface area contributed by atoms with Gasteiger partial charge in [-0.2, -0.15) is 0 Å². The summed E-state index contributed by atoms with van der Waals surface area (Å²) in [6, 6.07) is 14.2. The molecule has 1 N–H and O–H groups in total. The number of likely N-dealkylation sites (N-methyl/N-ethyl adjacent to an activating group) is 1. The molecule has 0 spiro atoms. The minimum atomic E-state index is 0.709. The van der Waals surface area contributed by atoms with Crippen LogP contribution in [-0.4, -0.2) is 30.2 Å². The van der Waals surface area contributed by atoms with Crippen LogP contribution in [0.5, 0.6) is 5.75 Å². The molecule has 20 heavy (non-hydrogen) atoms. The second-order valence-electron chi connectivity index (χ2n) is 5.03. The Morgan fingerprint density at radius 3 is 2.95 bits per heavy atom. The molecule has 0 aliphatic carbocycles. The monoisotopic (exact) mass is 265 g/mol. The van der Waals surface area contributed by atoms with E-state index in [1.165, 1.54) is 0 Å². The lowest BCUT2D eigenvalue weighted by molar-refractivity contribution is 0.312. The van der Waals surface area contributed by atoms with E-state index < -0.39 is 0 Å². The highest BCUT2D eigenvalue weighted by atomic mass is 16.5. The maximum atomic E-state index is 5.87. The predicted molar refractivity (Wildman–Crippen MR) is 80.3 cm³/mol. The number of aromatic nitrogens is 2. The molecule has 4 nitrogen and oxygen atoms in total. The van der Waals surface area contributed by atoms with Gasteiger partial charge in [-0.3, -0.25) is 0 Å². The molecule has 0 radical (unpaired) electrons. The van der Waals surface area contributed by atoms with E-state index in [9.17, 15) is 0 Å². The van der Waals surface area contributed by atoms with Gasteiger partial charge in [-0.1, -0.05) is 18.2 Å². The number of H-pyrrole nitrogens is 1. The van der Waals surface area contributed by atoms with Crippen molar-refractivity contribution in [3.63, 3.8) is 0 Å². The van der Waals surface area contributed by atoms with Crippen LogP contribution in [0.4, 0.5) is 5.69 Å². The van der Waals surface area contributed by atoms with E-state index in [4.69, 9.17) is 4.74 Å². The number of nitrogens with zero attached hydrogens (tertiary/aromatic N) is 2. The van der Waals surface area contributed by atoms with Crippen LogP contribution in [0.2, 0.25) is 0 Å². The molecule has 0 saturated carbocycles. The van der Waals surface area contributed by atoms with Gasteiger partial charge < -0.3 is 14.6 Å². The molecule has 4 heteroatoms. The molecule has 100 valence electrons. The minimum absolute atomic E-state index is 0.709. The Morgan fingerprint density at radius 2 is 2.05 bits per heavy atom. The first kappa shape index (κ1) is 11.3. The summed E-state index contributed by atoms with van der Waals surface area (Å²) in [5, 5.41) is 0. The highest BCUT2D eigenvalue weighted by Gasteiger charge is 2.20. The zero-order valence-electron chi connectivity index (χ0n) is 11.3. The Bertz CT molecular complexity index is 745. The molecular weight excluding hydrogens is 250 g/mol. The Balaban J connectivity index is 1.92. The van der Waals surface area contributed by atoms with Crippen molar-refractivity contribution in [1.29, 1.82) is 0 Å². The van der Waals surface area contributed by atoms with Gasteiger partial charge in [0.1, 0.15) is 12.4 Å². The van der Waals surface area contributed by atoms with E-state index in [1.807, 2.05) is 30.3 Å². The normalized spacial score (nSPS) is 14.2. The summed E-state index contributed by atoms with van der Waals surface area (Å²) in [4.78, 5) is 10.2. The molecule has 4 rings (SSSR count). The largest absolute Gasteiger partial charge is 0.489 e. The number of anilines is 1. The van der Waals surface area contributed by atoms with Crippen LogP contribution in [0.3, 0.4) is 0 Å². The fourth-order valence-electron chi connectivity index (χ4n) is 2.65. The fraction of sp³-hybridized carbons (Fsp3) is 0.188. The van der Waals surface area contributed by atoms with Gasteiger partial charge >= 0.3 is 0 Å². The summed E-state index contributed by atoms with van der Waals surface area (Å²) in [6.45, 7) is 1.62. The first-order valence-corrected chi connectivity index (χ1v) is 6.75. The summed E-state index contributed by atoms with van der Waals surface area (Å²) >= 11 is 0. The average molecular weight is 265 g/mol. The van der Waals surface area contributed by atoms with Crippen LogP contribution in [-0.2, 0) is 0 Å². The second kappa shape index (κ2) is 4.27. The highest BCUT2D eigenvalue weighted by Crippen LogP contribution is 2.39. The summed E-state index contributed by atoms with van der Waals surface area (Å²) in [5.41, 5.74) is 4.16. The van der Waals surface area contributed by atoms with Gasteiger partial charge in [0.05, 0.1) is 28.8 Å². The number of ether oxygens (including phenoxy) is 1. The van der Waals surface area contributed by atoms with Crippen molar-refractivity contribution >= 4 is 16.7 Å². The first-order valence-electron chi connectivity index (χ1n) is 6.75. The van der Waals surface area contributed by atoms with Crippen LogP contribution in [0.25, 0.3) is 22.4 Å². The molecule has 3 aromatic rings. The van der Waals surface area contributed by atoms with Gasteiger partial charge in [0.15, 0.2) is 5.75 Å². The lowest BCUT2D eigenvalue weighted by Crippen LogP contribution is -2.29. The number of rotatable bonds is 1. The number of para-hydroxylation sites is 3. The number of hydrogen-bond donors (Lipinski definition) is 1. The van der Waals surface area contributed by atoms with Crippen molar-refractivity contribution in [2.24, 2.45) is 0 Å². The second-order valence-corrected chi connectivity index (χ2v) is 5.03. The average Bonchev–Trinajstić information content (AvgIpc) is 2.91. The number of benzene rings is 2. The molecule has 1 aromatic heterocycles. The van der Waals surface area contributed by atoms with E-state index in [2.05, 4.69) is 34.0 Å². The van der Waals surface area contributed by atoms with Crippen LogP contribution in [0.1, 0.15) is 0 Å². The van der Waals surface area contributed by atoms with Crippen molar-refractivity contribution in [3.05, 3.63) is 42.5 Å². The Labute approximate surface area is 117 Å². The number of nitrogens with one attached hydrogen (secondary N) is 1. The first-order chi connectivity index (χ1) is 9.83. The van der Waals surface area contributed by atoms with E-state index in [-0.39, 0.29) is 0 Å². The summed E-state index contributed by atoms with van der Waals surface area (Å²) < 4.78 is 5.87. The lowest BCUT2D eigenvalue weighted by Gasteiger charge is -2.28. The summed E-state index contributed by atoms with van der Waals surface area (Å²) in [5.74, 6) is 1.78. The minimum Gasteiger partial charge on any atom is -0.489 e. The van der Waals surface area contributed by atoms with Crippen molar-refractivity contribution in [3.8, 4) is 17.1 Å². The molecule has 2 heterocycles. The van der Waals surface area contributed by atoms with Gasteiger partial charge in [-0.15, -0.1) is 0 Å². The Morgan fingerprint density at radius 1 is 1.15 bits per heavy atom. The van der Waals surface area contributed by atoms with Crippen molar-refractivity contribution < 1.29 is 4.74 Å². The van der Waals surface area contributed by atoms with Crippen LogP contribution in [0, 0.1) is 0 Å². The lowest BCUT2D eigenvalue weighted by atomic mass is 10.1. The number of imidazole rings is 1. The molecule has 2 aromatic carbocycles. The van der Waals surface area contributed by atoms with Crippen molar-refractivity contribution in [2.45, 2.75) is 0 Å². The Hall–Kier alpha value is -2.49. The smallest absolute Gasteiger partial charge is 0.153 e. The molecule has 0 unspecified atom stereocenters. The molecular formula is C16H15N3O. The van der Waals surface area contributed by atoms with Crippen LogP contribution < -0.4 is 9.64 Å². The van der Waals surface area contributed by atoms with E-state index in [0.29, 0.717) is 6.61 Å². The topological polar surface area (TPSA) is 41.1 Å². The molecule has 1 aliphatic heterocycles. The zero-order valence-corrected chi connectivity index (χ0v) is 11.3. The molecule has 0 fully saturated rings. The summed E-state index contributed by atoms with van der Waals surface area (Å²) in [7, 11) is 2.09. The number of fused-ring (bicyclic) bond motifs is 2. The van der Waals surface area contributed by atoms with Crippen molar-refractivity contribution in [2.75, 3.05) is 25.1 Å². The molecule has 0 amide bonds. The standard InChI is InChI=1S/C16H15N3O/c1-19-9-10-20-15-11(5-4-8-14(15)19)16-17-12-6-2-3-7-13(12)18-16/h2-8H,9-10H2,1H3,(H,17,18). The quantitative estimate of drug-likeness (QED) is 0.735. The number of hydrogen-bond acceptors (Lipinski definition) is 3. The van der Waals surface area contributed by atoms with Crippen LogP contribution >= 0.6 is 0 Å². The molecule has 0 bridgehead atoms. The van der Waals surface area contributed by atoms with Gasteiger partial charge in [-0.25, -0.2) is 4.98 Å². The Kier molecular flexibility index (Phi) is 2.42. The van der Waals surface area contributed by atoms with Crippen molar-refractivity contribution in [1.82, 2.24) is 9.97 Å². The van der Waals surface area contributed by atoms with Crippen LogP contribution in [0.15, 0.2) is 42.5 Å². The number of aromatic amines is 1. The fourth-order valence-corrected chi connectivity index (χ4v) is 2.65. The highest BCUT2D eigenvalue weighted by molar-refractivity contribution is 5.83. The van der Waals surface area contributed by atoms with Gasteiger partial charge in [0.25, 0.3) is 0 Å². The summed E-state index contributed by atoms with van der Waals surface area (Å²) in [6.07, 6.45) is 0. The molecule has 0 atom stereocenters. The third-order valence-electron chi connectivity index (χ3n) is 3.72. The van der Waals surface area contributed by atoms with Gasteiger partial charge in [0.2, 0.25) is 0 Å². The molecule has 1 aliphatic rings. The third-order valence-corrected chi connectivity index (χ3v) is 3.72. The maximum Gasteiger partial charge on any atom is 0.153 e. The van der Waals surface area contributed by atoms with E-state index >= 15 is 0 Å². The van der Waals surface area contributed by atoms with E-state index in [0.717, 1.165) is 40.4 Å². The third kappa shape index (κ3) is 1.65. The predicted octanol–water partition coefficient (Wildman–Crippen LogP) is 3.06. The van der Waals surface area contributed by atoms with E-state index in [1.54, 1.807) is 0 Å². The SMILES string of the molecule is CN1CCOc2c(-c3nc4ccccc4[nH]3)cccc21. The van der Waals surface area contributed by atoms with Gasteiger partial charge in [-0.05, 0) is 24.3 Å². The maximum absolute atomic E-state index is 5.87. The van der Waals surface area contributed by atoms with Gasteiger partial charge in [0, 0.05) is 7.05 Å². The molecule has 0 saturated heterocycles.